The van der Waals surface area contributed by atoms with Crippen LogP contribution in [0.1, 0.15) is 11.3 Å². The molecule has 1 N–H and O–H groups in total. The summed E-state index contributed by atoms with van der Waals surface area (Å²) in [6, 6.07) is 7.31. The molecule has 2 rings (SSSR count). The third kappa shape index (κ3) is 4.35. The number of sulfonamides is 1. The fourth-order valence-electron chi connectivity index (χ4n) is 1.58. The van der Waals surface area contributed by atoms with Gasteiger partial charge in [0.25, 0.3) is 10.0 Å². The molecule has 0 spiro atoms. The second-order valence-electron chi connectivity index (χ2n) is 4.20. The van der Waals surface area contributed by atoms with E-state index in [1.807, 2.05) is 6.07 Å². The Kier molecular flexibility index (Phi) is 6.68. The second kappa shape index (κ2) is 7.64. The van der Waals surface area contributed by atoms with Gasteiger partial charge in [-0.25, -0.2) is 13.4 Å². The Morgan fingerprint density at radius 3 is 2.50 bits per heavy atom. The van der Waals surface area contributed by atoms with Crippen LogP contribution in [0.2, 0.25) is 10.0 Å². The van der Waals surface area contributed by atoms with Gasteiger partial charge in [0.2, 0.25) is 0 Å². The van der Waals surface area contributed by atoms with E-state index in [0.717, 1.165) is 5.56 Å². The molecule has 1 heterocycles. The maximum Gasteiger partial charge on any atom is 0.262 e. The SMILES string of the molecule is Cc1cnc(C#N)c(NS(=O)(=O)c2ccc(Cl)c(Cl)c2)c1.[Na]. The van der Waals surface area contributed by atoms with E-state index in [4.69, 9.17) is 28.5 Å². The zero-order chi connectivity index (χ0) is 15.6. The summed E-state index contributed by atoms with van der Waals surface area (Å²) in [4.78, 5) is 3.82. The van der Waals surface area contributed by atoms with E-state index in [0.29, 0.717) is 0 Å². The van der Waals surface area contributed by atoms with Crippen LogP contribution in [-0.4, -0.2) is 43.0 Å². The van der Waals surface area contributed by atoms with Crippen LogP contribution in [0.15, 0.2) is 35.4 Å². The van der Waals surface area contributed by atoms with Crippen LogP contribution in [0.4, 0.5) is 5.69 Å². The van der Waals surface area contributed by atoms with E-state index >= 15 is 0 Å². The topological polar surface area (TPSA) is 82.8 Å². The molecule has 1 radical (unpaired) electrons. The Morgan fingerprint density at radius 1 is 1.23 bits per heavy atom. The Morgan fingerprint density at radius 2 is 1.91 bits per heavy atom. The minimum absolute atomic E-state index is 0. The molecule has 5 nitrogen and oxygen atoms in total. The molecule has 9 heteroatoms. The van der Waals surface area contributed by atoms with E-state index in [1.165, 1.54) is 30.5 Å². The van der Waals surface area contributed by atoms with Crippen molar-refractivity contribution in [3.8, 4) is 6.07 Å². The van der Waals surface area contributed by atoms with Crippen molar-refractivity contribution in [2.45, 2.75) is 11.8 Å². The standard InChI is InChI=1S/C13H9Cl2N3O2S.Na/c1-8-4-12(13(6-16)17-7-8)18-21(19,20)9-2-3-10(14)11(15)5-9;/h2-5,7,18H,1H3;. The molecule has 0 aliphatic rings. The number of pyridine rings is 1. The van der Waals surface area contributed by atoms with Crippen molar-refractivity contribution >= 4 is 68.5 Å². The van der Waals surface area contributed by atoms with Gasteiger partial charge < -0.3 is 0 Å². The number of hydrogen-bond donors (Lipinski definition) is 1. The summed E-state index contributed by atoms with van der Waals surface area (Å²) in [7, 11) is -3.89. The molecule has 0 saturated heterocycles. The summed E-state index contributed by atoms with van der Waals surface area (Å²) >= 11 is 11.6. The van der Waals surface area contributed by atoms with Gasteiger partial charge in [0, 0.05) is 35.8 Å². The predicted molar refractivity (Wildman–Crippen MR) is 86.7 cm³/mol. The summed E-state index contributed by atoms with van der Waals surface area (Å²) in [5.74, 6) is 0. The van der Waals surface area contributed by atoms with E-state index < -0.39 is 10.0 Å². The van der Waals surface area contributed by atoms with Gasteiger partial charge in [-0.1, -0.05) is 23.2 Å². The molecule has 1 aromatic heterocycles. The van der Waals surface area contributed by atoms with Gasteiger partial charge in [0.15, 0.2) is 5.69 Å². The second-order valence-corrected chi connectivity index (χ2v) is 6.70. The first-order valence-electron chi connectivity index (χ1n) is 5.68. The number of nitriles is 1. The number of aromatic nitrogens is 1. The van der Waals surface area contributed by atoms with Gasteiger partial charge in [-0.15, -0.1) is 0 Å². The monoisotopic (exact) mass is 364 g/mol. The average Bonchev–Trinajstić information content (AvgIpc) is 2.41. The smallest absolute Gasteiger partial charge is 0.262 e. The zero-order valence-corrected chi connectivity index (χ0v) is 16.1. The maximum absolute atomic E-state index is 12.3. The molecular formula is C13H9Cl2N3NaO2S. The summed E-state index contributed by atoms with van der Waals surface area (Å²) in [5.41, 5.74) is 0.827. The van der Waals surface area contributed by atoms with Crippen molar-refractivity contribution in [3.63, 3.8) is 0 Å². The number of halogens is 2. The number of nitrogens with zero attached hydrogens (tertiary/aromatic N) is 2. The molecule has 0 bridgehead atoms. The van der Waals surface area contributed by atoms with Crippen LogP contribution in [0.3, 0.4) is 0 Å². The summed E-state index contributed by atoms with van der Waals surface area (Å²) in [6.45, 7) is 1.74. The molecule has 0 amide bonds. The predicted octanol–water partition coefficient (Wildman–Crippen LogP) is 2.99. The first-order chi connectivity index (χ1) is 9.83. The minimum atomic E-state index is -3.89. The van der Waals surface area contributed by atoms with Gasteiger partial charge in [-0.2, -0.15) is 5.26 Å². The Bertz CT molecular complexity index is 851. The van der Waals surface area contributed by atoms with Crippen molar-refractivity contribution < 1.29 is 8.42 Å². The molecule has 0 aliphatic carbocycles. The Balaban J connectivity index is 0.00000242. The number of nitrogens with one attached hydrogen (secondary N) is 1. The fourth-order valence-corrected chi connectivity index (χ4v) is 3.03. The van der Waals surface area contributed by atoms with Gasteiger partial charge in [0.05, 0.1) is 20.6 Å². The summed E-state index contributed by atoms with van der Waals surface area (Å²) < 4.78 is 26.9. The molecule has 1 aromatic carbocycles. The number of aryl methyl sites for hydroxylation is 1. The molecule has 109 valence electrons. The third-order valence-corrected chi connectivity index (χ3v) is 4.68. The molecule has 0 saturated carbocycles. The number of benzene rings is 1. The number of rotatable bonds is 3. The first kappa shape index (κ1) is 19.2. The van der Waals surface area contributed by atoms with Crippen LogP contribution in [-0.2, 0) is 10.0 Å². The Labute approximate surface area is 160 Å². The van der Waals surface area contributed by atoms with Crippen LogP contribution in [0.25, 0.3) is 0 Å². The molecule has 0 aliphatic heterocycles. The van der Waals surface area contributed by atoms with Crippen molar-refractivity contribution in [3.05, 3.63) is 51.8 Å². The van der Waals surface area contributed by atoms with Crippen molar-refractivity contribution in [1.29, 1.82) is 5.26 Å². The molecule has 2 aromatic rings. The van der Waals surface area contributed by atoms with E-state index in [9.17, 15) is 8.42 Å². The minimum Gasteiger partial charge on any atom is -0.277 e. The van der Waals surface area contributed by atoms with E-state index in [-0.39, 0.29) is 55.9 Å². The Hall–Kier alpha value is -0.810. The van der Waals surface area contributed by atoms with Crippen LogP contribution in [0.5, 0.6) is 0 Å². The van der Waals surface area contributed by atoms with Crippen molar-refractivity contribution in [2.75, 3.05) is 4.72 Å². The zero-order valence-electron chi connectivity index (χ0n) is 11.8. The van der Waals surface area contributed by atoms with Gasteiger partial charge >= 0.3 is 0 Å². The summed E-state index contributed by atoms with van der Waals surface area (Å²) in [6.07, 6.45) is 1.48. The van der Waals surface area contributed by atoms with Crippen LogP contribution >= 0.6 is 23.2 Å². The van der Waals surface area contributed by atoms with Gasteiger partial charge in [0.1, 0.15) is 6.07 Å². The molecule has 0 fully saturated rings. The summed E-state index contributed by atoms with van der Waals surface area (Å²) in [5, 5.41) is 9.35. The van der Waals surface area contributed by atoms with Gasteiger partial charge in [-0.3, -0.25) is 4.72 Å². The molecule has 0 atom stereocenters. The molecular weight excluding hydrogens is 356 g/mol. The maximum atomic E-state index is 12.3. The van der Waals surface area contributed by atoms with Crippen LogP contribution in [0, 0.1) is 18.3 Å². The fraction of sp³-hybridized carbons (Fsp3) is 0.0769. The third-order valence-electron chi connectivity index (χ3n) is 2.58. The number of hydrogen-bond acceptors (Lipinski definition) is 4. The van der Waals surface area contributed by atoms with E-state index in [1.54, 1.807) is 6.92 Å². The average molecular weight is 365 g/mol. The number of anilines is 1. The van der Waals surface area contributed by atoms with Gasteiger partial charge in [-0.05, 0) is 36.8 Å². The quantitative estimate of drug-likeness (QED) is 0.848. The largest absolute Gasteiger partial charge is 0.277 e. The first-order valence-corrected chi connectivity index (χ1v) is 7.92. The van der Waals surface area contributed by atoms with Crippen molar-refractivity contribution in [1.82, 2.24) is 4.98 Å². The molecule has 0 unspecified atom stereocenters. The van der Waals surface area contributed by atoms with E-state index in [2.05, 4.69) is 9.71 Å². The van der Waals surface area contributed by atoms with Crippen LogP contribution < -0.4 is 4.72 Å². The molecule has 22 heavy (non-hydrogen) atoms. The normalized spacial score (nSPS) is 10.5. The van der Waals surface area contributed by atoms with Crippen molar-refractivity contribution in [2.24, 2.45) is 0 Å².